The van der Waals surface area contributed by atoms with Crippen LogP contribution in [0.1, 0.15) is 68.1 Å². The third kappa shape index (κ3) is 5.99. The molecule has 1 atom stereocenters. The van der Waals surface area contributed by atoms with E-state index in [2.05, 4.69) is 42.4 Å². The van der Waals surface area contributed by atoms with Crippen LogP contribution < -0.4 is 15.0 Å². The molecule has 4 aromatic rings. The molecule has 1 saturated heterocycles. The number of rotatable bonds is 9. The summed E-state index contributed by atoms with van der Waals surface area (Å²) in [5.41, 5.74) is 2.57. The maximum Gasteiger partial charge on any atom is 0.253 e. The van der Waals surface area contributed by atoms with E-state index in [4.69, 9.17) is 9.47 Å². The average molecular weight is 558 g/mol. The molecule has 1 saturated carbocycles. The minimum atomic E-state index is -0.352. The lowest BCUT2D eigenvalue weighted by atomic mass is 9.95. The van der Waals surface area contributed by atoms with Crippen molar-refractivity contribution in [1.82, 2.24) is 35.0 Å². The Hall–Kier alpha value is -3.76. The summed E-state index contributed by atoms with van der Waals surface area (Å²) in [6, 6.07) is 15.9. The van der Waals surface area contributed by atoms with Crippen molar-refractivity contribution >= 4 is 10.9 Å². The molecule has 0 bridgehead atoms. The zero-order chi connectivity index (χ0) is 28.2. The number of nitrogens with zero attached hydrogens (tertiary/aromatic N) is 6. The molecule has 6 rings (SSSR count). The maximum atomic E-state index is 13.7. The average Bonchev–Trinajstić information content (AvgIpc) is 3.49. The summed E-state index contributed by atoms with van der Waals surface area (Å²) < 4.78 is 13.2. The third-order valence-corrected chi connectivity index (χ3v) is 8.45. The van der Waals surface area contributed by atoms with Gasteiger partial charge in [0.05, 0.1) is 19.8 Å². The first-order chi connectivity index (χ1) is 20.1. The Morgan fingerprint density at radius 2 is 1.83 bits per heavy atom. The van der Waals surface area contributed by atoms with E-state index in [0.29, 0.717) is 12.2 Å². The molecule has 1 unspecified atom stereocenters. The van der Waals surface area contributed by atoms with Crippen molar-refractivity contribution in [3.05, 3.63) is 75.8 Å². The Morgan fingerprint density at radius 1 is 1.00 bits per heavy atom. The number of hydrogen-bond acceptors (Lipinski definition) is 8. The second kappa shape index (κ2) is 12.4. The van der Waals surface area contributed by atoms with Gasteiger partial charge >= 0.3 is 0 Å². The molecule has 3 heterocycles. The van der Waals surface area contributed by atoms with Gasteiger partial charge in [-0.1, -0.05) is 31.4 Å². The van der Waals surface area contributed by atoms with E-state index < -0.39 is 0 Å². The van der Waals surface area contributed by atoms with Crippen LogP contribution in [0.4, 0.5) is 0 Å². The Labute approximate surface area is 240 Å². The highest BCUT2D eigenvalue weighted by Gasteiger charge is 2.34. The lowest BCUT2D eigenvalue weighted by molar-refractivity contribution is 0.0982. The Balaban J connectivity index is 1.33. The first-order valence-corrected chi connectivity index (χ1v) is 14.8. The molecule has 41 heavy (non-hydrogen) atoms. The topological polar surface area (TPSA) is 101 Å². The number of nitrogens with one attached hydrogen (secondary N) is 1. The maximum absolute atomic E-state index is 13.7. The number of aromatic nitrogens is 5. The van der Waals surface area contributed by atoms with E-state index in [-0.39, 0.29) is 17.6 Å². The van der Waals surface area contributed by atoms with Gasteiger partial charge in [-0.15, -0.1) is 5.10 Å². The second-order valence-electron chi connectivity index (χ2n) is 11.1. The van der Waals surface area contributed by atoms with Crippen LogP contribution in [0.15, 0.2) is 53.3 Å². The molecule has 10 nitrogen and oxygen atoms in total. The van der Waals surface area contributed by atoms with Gasteiger partial charge in [-0.2, -0.15) is 0 Å². The van der Waals surface area contributed by atoms with Gasteiger partial charge in [0, 0.05) is 49.2 Å². The van der Waals surface area contributed by atoms with Gasteiger partial charge in [-0.25, -0.2) is 4.68 Å². The largest absolute Gasteiger partial charge is 0.497 e. The molecular weight excluding hydrogens is 518 g/mol. The predicted molar refractivity (Wildman–Crippen MR) is 157 cm³/mol. The van der Waals surface area contributed by atoms with E-state index in [1.54, 1.807) is 7.11 Å². The van der Waals surface area contributed by atoms with Crippen LogP contribution in [-0.2, 0) is 6.54 Å². The highest BCUT2D eigenvalue weighted by molar-refractivity contribution is 5.80. The Bertz CT molecular complexity index is 1520. The predicted octanol–water partition coefficient (Wildman–Crippen LogP) is 4.33. The summed E-state index contributed by atoms with van der Waals surface area (Å²) in [6.45, 7) is 6.74. The van der Waals surface area contributed by atoms with E-state index in [9.17, 15) is 4.79 Å². The van der Waals surface area contributed by atoms with Crippen LogP contribution in [0.3, 0.4) is 0 Å². The van der Waals surface area contributed by atoms with Gasteiger partial charge in [0.1, 0.15) is 17.5 Å². The number of fused-ring (bicyclic) bond motifs is 1. The van der Waals surface area contributed by atoms with Gasteiger partial charge in [-0.05, 0) is 72.2 Å². The number of aromatic amines is 1. The normalized spacial score (nSPS) is 18.0. The van der Waals surface area contributed by atoms with Crippen molar-refractivity contribution in [2.45, 2.75) is 57.7 Å². The first kappa shape index (κ1) is 27.4. The highest BCUT2D eigenvalue weighted by atomic mass is 16.5. The summed E-state index contributed by atoms with van der Waals surface area (Å²) >= 11 is 0. The molecule has 0 spiro atoms. The fourth-order valence-electron chi connectivity index (χ4n) is 6.34. The minimum Gasteiger partial charge on any atom is -0.497 e. The van der Waals surface area contributed by atoms with Crippen molar-refractivity contribution in [3.63, 3.8) is 0 Å². The van der Waals surface area contributed by atoms with E-state index >= 15 is 0 Å². The summed E-state index contributed by atoms with van der Waals surface area (Å²) in [4.78, 5) is 21.6. The number of ether oxygens (including phenoxy) is 2. The summed E-state index contributed by atoms with van der Waals surface area (Å²) in [7, 11) is 1.70. The lowest BCUT2D eigenvalue weighted by Gasteiger charge is -2.39. The van der Waals surface area contributed by atoms with E-state index in [0.717, 1.165) is 73.8 Å². The van der Waals surface area contributed by atoms with Crippen LogP contribution in [-0.4, -0.2) is 74.9 Å². The number of H-pyrrole nitrogens is 1. The van der Waals surface area contributed by atoms with Gasteiger partial charge in [0.25, 0.3) is 5.56 Å². The van der Waals surface area contributed by atoms with Gasteiger partial charge in [-0.3, -0.25) is 14.6 Å². The highest BCUT2D eigenvalue weighted by Crippen LogP contribution is 2.34. The standard InChI is InChI=1S/C31H39N7O3/c1-3-41-26-12-13-28-23(19-26)20-27(31(39)32-28)29(30-33-34-35-38(30)24-9-5-4-6-10-24)37-16-14-36(15-17-37)21-22-8-7-11-25(18-22)40-2/h7-8,11-13,18-20,24,29H,3-6,9-10,14-17,21H2,1-2H3,(H,32,39). The fraction of sp³-hybridized carbons (Fsp3) is 0.484. The second-order valence-corrected chi connectivity index (χ2v) is 11.1. The molecule has 1 aliphatic carbocycles. The molecule has 0 amide bonds. The Kier molecular flexibility index (Phi) is 8.29. The van der Waals surface area contributed by atoms with Crippen LogP contribution >= 0.6 is 0 Å². The molecule has 0 radical (unpaired) electrons. The number of methoxy groups -OCH3 is 1. The SMILES string of the molecule is CCOc1ccc2[nH]c(=O)c(C(c3nnnn3C3CCCCC3)N3CCN(Cc4cccc(OC)c4)CC3)cc2c1. The Morgan fingerprint density at radius 3 is 2.61 bits per heavy atom. The summed E-state index contributed by atoms with van der Waals surface area (Å²) in [5.74, 6) is 2.41. The molecular formula is C31H39N7O3. The number of pyridine rings is 1. The smallest absolute Gasteiger partial charge is 0.253 e. The van der Waals surface area contributed by atoms with Crippen molar-refractivity contribution in [2.75, 3.05) is 39.9 Å². The number of hydrogen-bond donors (Lipinski definition) is 1. The molecule has 2 aromatic carbocycles. The van der Waals surface area contributed by atoms with Crippen LogP contribution in [0.25, 0.3) is 10.9 Å². The quantitative estimate of drug-likeness (QED) is 0.325. The number of benzene rings is 2. The van der Waals surface area contributed by atoms with Crippen LogP contribution in [0.5, 0.6) is 11.5 Å². The zero-order valence-corrected chi connectivity index (χ0v) is 24.0. The zero-order valence-electron chi connectivity index (χ0n) is 24.0. The number of tetrazole rings is 1. The van der Waals surface area contributed by atoms with Gasteiger partial charge < -0.3 is 14.5 Å². The van der Waals surface area contributed by atoms with E-state index in [1.807, 2.05) is 48.0 Å². The third-order valence-electron chi connectivity index (χ3n) is 8.45. The molecule has 2 aliphatic rings. The summed E-state index contributed by atoms with van der Waals surface area (Å²) in [5, 5.41) is 14.1. The van der Waals surface area contributed by atoms with Crippen molar-refractivity contribution in [3.8, 4) is 11.5 Å². The van der Waals surface area contributed by atoms with Crippen molar-refractivity contribution in [1.29, 1.82) is 0 Å². The molecule has 2 aromatic heterocycles. The number of piperazine rings is 1. The molecule has 10 heteroatoms. The van der Waals surface area contributed by atoms with Crippen LogP contribution in [0, 0.1) is 0 Å². The fourth-order valence-corrected chi connectivity index (χ4v) is 6.34. The first-order valence-electron chi connectivity index (χ1n) is 14.8. The van der Waals surface area contributed by atoms with Crippen LogP contribution in [0.2, 0.25) is 0 Å². The minimum absolute atomic E-state index is 0.108. The molecule has 1 aliphatic heterocycles. The molecule has 1 N–H and O–H groups in total. The molecule has 2 fully saturated rings. The van der Waals surface area contributed by atoms with Gasteiger partial charge in [0.2, 0.25) is 0 Å². The van der Waals surface area contributed by atoms with E-state index in [1.165, 1.54) is 24.8 Å². The lowest BCUT2D eigenvalue weighted by Crippen LogP contribution is -2.48. The van der Waals surface area contributed by atoms with Gasteiger partial charge in [0.15, 0.2) is 5.82 Å². The summed E-state index contributed by atoms with van der Waals surface area (Å²) in [6.07, 6.45) is 5.72. The van der Waals surface area contributed by atoms with Crippen molar-refractivity contribution < 1.29 is 9.47 Å². The molecule has 216 valence electrons. The monoisotopic (exact) mass is 557 g/mol. The van der Waals surface area contributed by atoms with Crippen molar-refractivity contribution in [2.24, 2.45) is 0 Å².